The van der Waals surface area contributed by atoms with Gasteiger partial charge in [0.15, 0.2) is 0 Å². The van der Waals surface area contributed by atoms with Crippen molar-refractivity contribution in [3.05, 3.63) is 0 Å². The zero-order chi connectivity index (χ0) is 14.5. The van der Waals surface area contributed by atoms with E-state index in [4.69, 9.17) is 15.2 Å². The Labute approximate surface area is 122 Å². The first-order chi connectivity index (χ1) is 9.83. The Morgan fingerprint density at radius 1 is 1.25 bits per heavy atom. The third-order valence-corrected chi connectivity index (χ3v) is 3.47. The lowest BCUT2D eigenvalue weighted by Crippen LogP contribution is -2.25. The molecule has 1 fully saturated rings. The summed E-state index contributed by atoms with van der Waals surface area (Å²) in [6, 6.07) is 0. The second kappa shape index (κ2) is 12.1. The predicted octanol–water partition coefficient (Wildman–Crippen LogP) is 1.60. The molecule has 0 saturated carbocycles. The summed E-state index contributed by atoms with van der Waals surface area (Å²) in [6.07, 6.45) is 8.28. The number of unbranched alkanes of at least 4 members (excludes halogenated alkanes) is 3. The van der Waals surface area contributed by atoms with Crippen molar-refractivity contribution < 1.29 is 14.3 Å². The SMILES string of the molecule is NCCCCCCC(=O)NCCCOCC1CCCO1. The minimum absolute atomic E-state index is 0.150. The van der Waals surface area contributed by atoms with Gasteiger partial charge in [-0.2, -0.15) is 0 Å². The number of nitrogens with two attached hydrogens (primary N) is 1. The summed E-state index contributed by atoms with van der Waals surface area (Å²) in [6.45, 7) is 3.70. The van der Waals surface area contributed by atoms with Crippen LogP contribution in [0.3, 0.4) is 0 Å². The fourth-order valence-corrected chi connectivity index (χ4v) is 2.26. The molecule has 1 amide bonds. The van der Waals surface area contributed by atoms with Crippen LogP contribution in [0.15, 0.2) is 0 Å². The molecule has 1 atom stereocenters. The highest BCUT2D eigenvalue weighted by Gasteiger charge is 2.14. The van der Waals surface area contributed by atoms with Crippen LogP contribution in [0.1, 0.15) is 51.4 Å². The normalized spacial score (nSPS) is 18.4. The van der Waals surface area contributed by atoms with Gasteiger partial charge in [0.2, 0.25) is 5.91 Å². The topological polar surface area (TPSA) is 73.6 Å². The van der Waals surface area contributed by atoms with Gasteiger partial charge in [-0.15, -0.1) is 0 Å². The van der Waals surface area contributed by atoms with Crippen molar-refractivity contribution >= 4 is 5.91 Å². The molecule has 1 aliphatic heterocycles. The van der Waals surface area contributed by atoms with E-state index in [0.717, 1.165) is 58.1 Å². The molecule has 1 saturated heterocycles. The maximum Gasteiger partial charge on any atom is 0.219 e. The molecule has 1 aliphatic rings. The monoisotopic (exact) mass is 286 g/mol. The molecule has 5 nitrogen and oxygen atoms in total. The molecule has 5 heteroatoms. The van der Waals surface area contributed by atoms with Crippen molar-refractivity contribution in [1.82, 2.24) is 5.32 Å². The molecular formula is C15H30N2O3. The van der Waals surface area contributed by atoms with Crippen molar-refractivity contribution in [2.75, 3.05) is 32.9 Å². The number of amides is 1. The highest BCUT2D eigenvalue weighted by molar-refractivity contribution is 5.75. The Morgan fingerprint density at radius 2 is 2.10 bits per heavy atom. The van der Waals surface area contributed by atoms with Gasteiger partial charge in [-0.3, -0.25) is 4.79 Å². The first-order valence-electron chi connectivity index (χ1n) is 7.99. The molecule has 0 aromatic rings. The Bertz CT molecular complexity index is 243. The van der Waals surface area contributed by atoms with Crippen LogP contribution in [0.4, 0.5) is 0 Å². The summed E-state index contributed by atoms with van der Waals surface area (Å²) in [5.41, 5.74) is 5.42. The van der Waals surface area contributed by atoms with E-state index in [2.05, 4.69) is 5.32 Å². The minimum Gasteiger partial charge on any atom is -0.379 e. The number of rotatable bonds is 12. The van der Waals surface area contributed by atoms with Gasteiger partial charge >= 0.3 is 0 Å². The summed E-state index contributed by atoms with van der Waals surface area (Å²) < 4.78 is 11.0. The smallest absolute Gasteiger partial charge is 0.219 e. The maximum atomic E-state index is 11.5. The van der Waals surface area contributed by atoms with Crippen molar-refractivity contribution in [2.24, 2.45) is 5.73 Å². The standard InChI is InChI=1S/C15H30N2O3/c16-9-4-2-1-3-8-15(18)17-10-6-11-19-13-14-7-5-12-20-14/h14H,1-13,16H2,(H,17,18). The van der Waals surface area contributed by atoms with Gasteiger partial charge in [-0.05, 0) is 38.6 Å². The number of nitrogens with one attached hydrogen (secondary N) is 1. The lowest BCUT2D eigenvalue weighted by atomic mass is 10.1. The van der Waals surface area contributed by atoms with E-state index in [1.165, 1.54) is 0 Å². The third-order valence-electron chi connectivity index (χ3n) is 3.47. The van der Waals surface area contributed by atoms with E-state index in [9.17, 15) is 4.79 Å². The average Bonchev–Trinajstić information content (AvgIpc) is 2.95. The van der Waals surface area contributed by atoms with Crippen LogP contribution in [0, 0.1) is 0 Å². The average molecular weight is 286 g/mol. The van der Waals surface area contributed by atoms with Crippen molar-refractivity contribution in [3.8, 4) is 0 Å². The molecule has 1 unspecified atom stereocenters. The van der Waals surface area contributed by atoms with Crippen molar-refractivity contribution in [2.45, 2.75) is 57.5 Å². The molecule has 3 N–H and O–H groups in total. The molecule has 1 heterocycles. The van der Waals surface area contributed by atoms with E-state index in [1.807, 2.05) is 0 Å². The second-order valence-electron chi connectivity index (χ2n) is 5.37. The molecule has 0 bridgehead atoms. The summed E-state index contributed by atoms with van der Waals surface area (Å²) in [5, 5.41) is 2.93. The molecule has 0 aromatic carbocycles. The van der Waals surface area contributed by atoms with Crippen LogP contribution in [0.25, 0.3) is 0 Å². The number of hydrogen-bond donors (Lipinski definition) is 2. The van der Waals surface area contributed by atoms with Gasteiger partial charge in [-0.25, -0.2) is 0 Å². The Balaban J connectivity index is 1.79. The molecule has 118 valence electrons. The Kier molecular flexibility index (Phi) is 10.5. The Morgan fingerprint density at radius 3 is 2.85 bits per heavy atom. The van der Waals surface area contributed by atoms with Crippen molar-refractivity contribution in [3.63, 3.8) is 0 Å². The Hall–Kier alpha value is -0.650. The number of carbonyl (C=O) groups is 1. The first kappa shape index (κ1) is 17.4. The summed E-state index contributed by atoms with van der Waals surface area (Å²) in [7, 11) is 0. The fraction of sp³-hybridized carbons (Fsp3) is 0.933. The highest BCUT2D eigenvalue weighted by Crippen LogP contribution is 2.11. The van der Waals surface area contributed by atoms with Crippen LogP contribution >= 0.6 is 0 Å². The molecule has 0 aromatic heterocycles. The van der Waals surface area contributed by atoms with E-state index in [1.54, 1.807) is 0 Å². The minimum atomic E-state index is 0.150. The van der Waals surface area contributed by atoms with Crippen LogP contribution in [-0.2, 0) is 14.3 Å². The van der Waals surface area contributed by atoms with Gasteiger partial charge in [0, 0.05) is 26.2 Å². The molecule has 20 heavy (non-hydrogen) atoms. The molecule has 0 radical (unpaired) electrons. The molecule has 0 spiro atoms. The highest BCUT2D eigenvalue weighted by atomic mass is 16.5. The first-order valence-corrected chi connectivity index (χ1v) is 7.99. The summed E-state index contributed by atoms with van der Waals surface area (Å²) in [4.78, 5) is 11.5. The third kappa shape index (κ3) is 9.28. The second-order valence-corrected chi connectivity index (χ2v) is 5.37. The number of hydrogen-bond acceptors (Lipinski definition) is 4. The lowest BCUT2D eigenvalue weighted by Gasteiger charge is -2.10. The van der Waals surface area contributed by atoms with E-state index in [0.29, 0.717) is 26.2 Å². The van der Waals surface area contributed by atoms with Crippen LogP contribution < -0.4 is 11.1 Å². The zero-order valence-corrected chi connectivity index (χ0v) is 12.6. The van der Waals surface area contributed by atoms with Gasteiger partial charge in [0.05, 0.1) is 12.7 Å². The fourth-order valence-electron chi connectivity index (χ4n) is 2.26. The molecular weight excluding hydrogens is 256 g/mol. The molecule has 1 rings (SSSR count). The van der Waals surface area contributed by atoms with Gasteiger partial charge < -0.3 is 20.5 Å². The van der Waals surface area contributed by atoms with Gasteiger partial charge in [-0.1, -0.05) is 12.8 Å². The van der Waals surface area contributed by atoms with Crippen molar-refractivity contribution in [1.29, 1.82) is 0 Å². The number of ether oxygens (including phenoxy) is 2. The van der Waals surface area contributed by atoms with Gasteiger partial charge in [0.1, 0.15) is 0 Å². The van der Waals surface area contributed by atoms with Crippen LogP contribution in [0.5, 0.6) is 0 Å². The zero-order valence-electron chi connectivity index (χ0n) is 12.6. The predicted molar refractivity (Wildman–Crippen MR) is 79.6 cm³/mol. The van der Waals surface area contributed by atoms with Gasteiger partial charge in [0.25, 0.3) is 0 Å². The lowest BCUT2D eigenvalue weighted by molar-refractivity contribution is -0.121. The number of carbonyl (C=O) groups excluding carboxylic acids is 1. The summed E-state index contributed by atoms with van der Waals surface area (Å²) >= 11 is 0. The maximum absolute atomic E-state index is 11.5. The van der Waals surface area contributed by atoms with Crippen LogP contribution in [0.2, 0.25) is 0 Å². The van der Waals surface area contributed by atoms with E-state index in [-0.39, 0.29) is 12.0 Å². The van der Waals surface area contributed by atoms with E-state index >= 15 is 0 Å². The quantitative estimate of drug-likeness (QED) is 0.534. The van der Waals surface area contributed by atoms with Crippen LogP contribution in [-0.4, -0.2) is 44.9 Å². The summed E-state index contributed by atoms with van der Waals surface area (Å²) in [5.74, 6) is 0.150. The van der Waals surface area contributed by atoms with E-state index < -0.39 is 0 Å². The largest absolute Gasteiger partial charge is 0.379 e. The molecule has 0 aliphatic carbocycles.